The van der Waals surface area contributed by atoms with Crippen molar-refractivity contribution in [2.75, 3.05) is 12.8 Å². The molecule has 0 radical (unpaired) electrons. The van der Waals surface area contributed by atoms with Gasteiger partial charge in [0.15, 0.2) is 5.78 Å². The SMILES string of the molecule is COc1ccc(N)c(Cl)c1C(=O)Cc1ccc(F)cc1. The van der Waals surface area contributed by atoms with Gasteiger partial charge in [-0.05, 0) is 29.8 Å². The van der Waals surface area contributed by atoms with Gasteiger partial charge in [0.2, 0.25) is 0 Å². The molecule has 0 spiro atoms. The third-order valence-electron chi connectivity index (χ3n) is 2.91. The third-order valence-corrected chi connectivity index (χ3v) is 3.32. The summed E-state index contributed by atoms with van der Waals surface area (Å²) in [4.78, 5) is 12.3. The fourth-order valence-corrected chi connectivity index (χ4v) is 2.14. The maximum atomic E-state index is 12.8. The molecule has 2 aromatic carbocycles. The summed E-state index contributed by atoms with van der Waals surface area (Å²) < 4.78 is 18.0. The maximum absolute atomic E-state index is 12.8. The number of ether oxygens (including phenoxy) is 1. The summed E-state index contributed by atoms with van der Waals surface area (Å²) in [5, 5.41) is 0.177. The van der Waals surface area contributed by atoms with Gasteiger partial charge >= 0.3 is 0 Å². The summed E-state index contributed by atoms with van der Waals surface area (Å²) >= 11 is 6.08. The highest BCUT2D eigenvalue weighted by molar-refractivity contribution is 6.36. The van der Waals surface area contributed by atoms with Crippen molar-refractivity contribution in [3.63, 3.8) is 0 Å². The predicted octanol–water partition coefficient (Wildman–Crippen LogP) is 3.50. The molecule has 0 heterocycles. The molecular formula is C15H13ClFNO2. The summed E-state index contributed by atoms with van der Waals surface area (Å²) in [5.41, 5.74) is 6.96. The summed E-state index contributed by atoms with van der Waals surface area (Å²) in [6.07, 6.45) is 0.0970. The van der Waals surface area contributed by atoms with E-state index in [4.69, 9.17) is 22.1 Å². The lowest BCUT2D eigenvalue weighted by Crippen LogP contribution is -2.08. The predicted molar refractivity (Wildman–Crippen MR) is 76.9 cm³/mol. The van der Waals surface area contributed by atoms with E-state index < -0.39 is 0 Å². The fraction of sp³-hybridized carbons (Fsp3) is 0.133. The largest absolute Gasteiger partial charge is 0.496 e. The van der Waals surface area contributed by atoms with E-state index in [0.29, 0.717) is 17.0 Å². The van der Waals surface area contributed by atoms with Crippen LogP contribution < -0.4 is 10.5 Å². The van der Waals surface area contributed by atoms with Crippen molar-refractivity contribution in [3.05, 3.63) is 58.4 Å². The van der Waals surface area contributed by atoms with Crippen LogP contribution in [0.2, 0.25) is 5.02 Å². The maximum Gasteiger partial charge on any atom is 0.172 e. The lowest BCUT2D eigenvalue weighted by molar-refractivity contribution is 0.0990. The highest BCUT2D eigenvalue weighted by atomic mass is 35.5. The molecule has 104 valence electrons. The minimum absolute atomic E-state index is 0.0970. The number of nitrogen functional groups attached to an aromatic ring is 1. The van der Waals surface area contributed by atoms with Crippen molar-refractivity contribution in [2.45, 2.75) is 6.42 Å². The van der Waals surface area contributed by atoms with Gasteiger partial charge in [-0.3, -0.25) is 4.79 Å². The van der Waals surface area contributed by atoms with Gasteiger partial charge in [-0.25, -0.2) is 4.39 Å². The Morgan fingerprint density at radius 2 is 1.90 bits per heavy atom. The average molecular weight is 294 g/mol. The van der Waals surface area contributed by atoms with Gasteiger partial charge in [-0.1, -0.05) is 23.7 Å². The van der Waals surface area contributed by atoms with E-state index in [1.54, 1.807) is 24.3 Å². The van der Waals surface area contributed by atoms with Gasteiger partial charge in [0, 0.05) is 6.42 Å². The Balaban J connectivity index is 2.33. The minimum atomic E-state index is -0.347. The van der Waals surface area contributed by atoms with Crippen LogP contribution in [0, 0.1) is 5.82 Å². The van der Waals surface area contributed by atoms with E-state index in [1.807, 2.05) is 0 Å². The zero-order chi connectivity index (χ0) is 14.7. The molecule has 2 rings (SSSR count). The summed E-state index contributed by atoms with van der Waals surface area (Å²) in [6, 6.07) is 8.90. The smallest absolute Gasteiger partial charge is 0.172 e. The summed E-state index contributed by atoms with van der Waals surface area (Å²) in [6.45, 7) is 0. The van der Waals surface area contributed by atoms with Crippen LogP contribution in [0.1, 0.15) is 15.9 Å². The molecule has 0 aromatic heterocycles. The Kier molecular flexibility index (Phi) is 4.25. The first-order valence-electron chi connectivity index (χ1n) is 5.92. The topological polar surface area (TPSA) is 52.3 Å². The van der Waals surface area contributed by atoms with Crippen LogP contribution in [0.25, 0.3) is 0 Å². The number of methoxy groups -OCH3 is 1. The Morgan fingerprint density at radius 1 is 1.25 bits per heavy atom. The van der Waals surface area contributed by atoms with Crippen molar-refractivity contribution < 1.29 is 13.9 Å². The van der Waals surface area contributed by atoms with Gasteiger partial charge < -0.3 is 10.5 Å². The van der Waals surface area contributed by atoms with Crippen LogP contribution in [0.3, 0.4) is 0 Å². The number of rotatable bonds is 4. The molecular weight excluding hydrogens is 281 g/mol. The summed E-state index contributed by atoms with van der Waals surface area (Å²) in [7, 11) is 1.45. The normalized spacial score (nSPS) is 10.3. The molecule has 0 bridgehead atoms. The van der Waals surface area contributed by atoms with Gasteiger partial charge in [0.1, 0.15) is 11.6 Å². The Bertz CT molecular complexity index is 641. The van der Waals surface area contributed by atoms with Gasteiger partial charge in [0.05, 0.1) is 23.4 Å². The van der Waals surface area contributed by atoms with Gasteiger partial charge in [-0.15, -0.1) is 0 Å². The highest BCUT2D eigenvalue weighted by Gasteiger charge is 2.18. The zero-order valence-electron chi connectivity index (χ0n) is 10.8. The molecule has 2 N–H and O–H groups in total. The van der Waals surface area contributed by atoms with Crippen molar-refractivity contribution >= 4 is 23.1 Å². The molecule has 20 heavy (non-hydrogen) atoms. The van der Waals surface area contributed by atoms with E-state index in [0.717, 1.165) is 0 Å². The molecule has 0 fully saturated rings. The third kappa shape index (κ3) is 2.91. The monoisotopic (exact) mass is 293 g/mol. The molecule has 0 atom stereocenters. The second-order valence-corrected chi connectivity index (χ2v) is 4.65. The number of ketones is 1. The van der Waals surface area contributed by atoms with Gasteiger partial charge in [0.25, 0.3) is 0 Å². The van der Waals surface area contributed by atoms with E-state index in [9.17, 15) is 9.18 Å². The molecule has 2 aromatic rings. The van der Waals surface area contributed by atoms with Crippen LogP contribution in [0.15, 0.2) is 36.4 Å². The quantitative estimate of drug-likeness (QED) is 0.693. The fourth-order valence-electron chi connectivity index (χ4n) is 1.88. The number of hydrogen-bond donors (Lipinski definition) is 1. The van der Waals surface area contributed by atoms with Crippen molar-refractivity contribution in [1.82, 2.24) is 0 Å². The van der Waals surface area contributed by atoms with Crippen molar-refractivity contribution in [2.24, 2.45) is 0 Å². The molecule has 0 aliphatic rings. The molecule has 0 aliphatic carbocycles. The summed E-state index contributed by atoms with van der Waals surface area (Å²) in [5.74, 6) is -0.206. The van der Waals surface area contributed by atoms with Crippen LogP contribution in [-0.4, -0.2) is 12.9 Å². The molecule has 0 saturated heterocycles. The van der Waals surface area contributed by atoms with E-state index in [2.05, 4.69) is 0 Å². The van der Waals surface area contributed by atoms with E-state index >= 15 is 0 Å². The number of halogens is 2. The van der Waals surface area contributed by atoms with Crippen molar-refractivity contribution in [1.29, 1.82) is 0 Å². The lowest BCUT2D eigenvalue weighted by atomic mass is 10.0. The van der Waals surface area contributed by atoms with Crippen molar-refractivity contribution in [3.8, 4) is 5.75 Å². The number of nitrogens with two attached hydrogens (primary N) is 1. The first kappa shape index (κ1) is 14.3. The molecule has 0 aliphatic heterocycles. The number of carbonyl (C=O) groups excluding carboxylic acids is 1. The van der Waals surface area contributed by atoms with Crippen LogP contribution in [0.5, 0.6) is 5.75 Å². The number of benzene rings is 2. The van der Waals surface area contributed by atoms with Crippen LogP contribution >= 0.6 is 11.6 Å². The van der Waals surface area contributed by atoms with E-state index in [-0.39, 0.29) is 28.6 Å². The Hall–Kier alpha value is -2.07. The minimum Gasteiger partial charge on any atom is -0.496 e. The standard InChI is InChI=1S/C15H13ClFNO2/c1-20-13-7-6-11(18)15(16)14(13)12(19)8-9-2-4-10(17)5-3-9/h2-7H,8,18H2,1H3. The second-order valence-electron chi connectivity index (χ2n) is 4.27. The number of anilines is 1. The highest BCUT2D eigenvalue weighted by Crippen LogP contribution is 2.32. The Labute approximate surface area is 121 Å². The van der Waals surface area contributed by atoms with Gasteiger partial charge in [-0.2, -0.15) is 0 Å². The average Bonchev–Trinajstić information content (AvgIpc) is 2.44. The number of hydrogen-bond acceptors (Lipinski definition) is 3. The Morgan fingerprint density at radius 3 is 2.50 bits per heavy atom. The first-order chi connectivity index (χ1) is 9.52. The molecule has 0 unspecified atom stereocenters. The van der Waals surface area contributed by atoms with E-state index in [1.165, 1.54) is 19.2 Å². The number of carbonyl (C=O) groups is 1. The van der Waals surface area contributed by atoms with Crippen LogP contribution in [0.4, 0.5) is 10.1 Å². The lowest BCUT2D eigenvalue weighted by Gasteiger charge is -2.11. The zero-order valence-corrected chi connectivity index (χ0v) is 11.6. The van der Waals surface area contributed by atoms with Crippen LogP contribution in [-0.2, 0) is 6.42 Å². The molecule has 5 heteroatoms. The second kappa shape index (κ2) is 5.92. The molecule has 0 amide bonds. The number of Topliss-reactive ketones (excluding diaryl/α,β-unsaturated/α-hetero) is 1. The molecule has 0 saturated carbocycles. The molecule has 3 nitrogen and oxygen atoms in total. The first-order valence-corrected chi connectivity index (χ1v) is 6.30.